The number of methoxy groups -OCH3 is 2. The first-order valence-corrected chi connectivity index (χ1v) is 15.7. The summed E-state index contributed by atoms with van der Waals surface area (Å²) in [5, 5.41) is 22.9. The number of hydrogen-bond acceptors (Lipinski definition) is 6. The molecule has 3 aromatic heterocycles. The van der Waals surface area contributed by atoms with Crippen LogP contribution in [0.4, 0.5) is 0 Å². The van der Waals surface area contributed by atoms with Crippen LogP contribution in [-0.2, 0) is 24.2 Å². The summed E-state index contributed by atoms with van der Waals surface area (Å²) in [7, 11) is 3.17. The molecule has 10 nitrogen and oxygen atoms in total. The number of rotatable bonds is 11. The maximum atomic E-state index is 12.5. The Morgan fingerprint density at radius 3 is 2.25 bits per heavy atom. The van der Waals surface area contributed by atoms with Crippen molar-refractivity contribution in [2.24, 2.45) is 0 Å². The zero-order chi connectivity index (χ0) is 33.9. The summed E-state index contributed by atoms with van der Waals surface area (Å²) in [4.78, 5) is 24.7. The smallest absolute Gasteiger partial charge is 0.226 e. The molecule has 1 amide bonds. The minimum Gasteiger partial charge on any atom is -0.497 e. The lowest BCUT2D eigenvalue weighted by Gasteiger charge is -2.27. The molecule has 5 N–H and O–H groups in total. The molecule has 3 heterocycles. The molecular formula is C38H41N7O3. The summed E-state index contributed by atoms with van der Waals surface area (Å²) in [5.74, 6) is 1.41. The van der Waals surface area contributed by atoms with Crippen LogP contribution in [0.5, 0.6) is 11.5 Å². The van der Waals surface area contributed by atoms with Gasteiger partial charge in [-0.15, -0.1) is 0 Å². The van der Waals surface area contributed by atoms with Crippen molar-refractivity contribution in [3.63, 3.8) is 0 Å². The molecule has 6 rings (SSSR count). The lowest BCUT2D eigenvalue weighted by molar-refractivity contribution is -0.120. The highest BCUT2D eigenvalue weighted by molar-refractivity contribution is 6.00. The number of benzene rings is 3. The highest BCUT2D eigenvalue weighted by Gasteiger charge is 2.20. The zero-order valence-electron chi connectivity index (χ0n) is 27.5. The molecule has 0 atom stereocenters. The van der Waals surface area contributed by atoms with E-state index in [1.165, 1.54) is 16.5 Å². The summed E-state index contributed by atoms with van der Waals surface area (Å²) >= 11 is 0. The van der Waals surface area contributed by atoms with E-state index in [0.717, 1.165) is 22.0 Å². The monoisotopic (exact) mass is 643 g/mol. The van der Waals surface area contributed by atoms with Crippen molar-refractivity contribution in [2.45, 2.75) is 32.7 Å². The summed E-state index contributed by atoms with van der Waals surface area (Å²) < 4.78 is 10.9. The molecule has 0 saturated heterocycles. The number of hydrogen-bond donors (Lipinski definition) is 5. The van der Waals surface area contributed by atoms with Gasteiger partial charge in [0.2, 0.25) is 5.91 Å². The van der Waals surface area contributed by atoms with Crippen LogP contribution in [0.25, 0.3) is 21.8 Å². The van der Waals surface area contributed by atoms with Crippen molar-refractivity contribution in [3.8, 4) is 11.5 Å². The van der Waals surface area contributed by atoms with Crippen LogP contribution in [0.15, 0.2) is 104 Å². The third-order valence-corrected chi connectivity index (χ3v) is 8.10. The Labute approximate surface area is 280 Å². The maximum Gasteiger partial charge on any atom is 0.226 e. The van der Waals surface area contributed by atoms with Crippen LogP contribution in [0.1, 0.15) is 28.8 Å². The average molecular weight is 644 g/mol. The Kier molecular flexibility index (Phi) is 11.2. The molecule has 0 aliphatic heterocycles. The van der Waals surface area contributed by atoms with Gasteiger partial charge in [-0.3, -0.25) is 20.6 Å². The van der Waals surface area contributed by atoms with Gasteiger partial charge >= 0.3 is 0 Å². The van der Waals surface area contributed by atoms with E-state index >= 15 is 0 Å². The quantitative estimate of drug-likeness (QED) is 0.0779. The standard InChI is InChI=1S/C29H32N6O3.C9H9N/c1-37-23-12-10-21(26(16-23)38-2)19-35(28(31)18-34-29(36)15-22-7-5-6-14-32-22)27(30)13-11-20-17-33-25-9-4-3-8-24(20)25;1-7-6-10-9-5-3-2-4-8(7)9/h3-10,12,14,16-17,30-31,33H,11,13,15,18-19H2,1-2H3,(H,34,36);2-6,10H,1H3. The van der Waals surface area contributed by atoms with E-state index < -0.39 is 0 Å². The molecule has 0 bridgehead atoms. The number of H-pyrrole nitrogens is 2. The van der Waals surface area contributed by atoms with Gasteiger partial charge in [0.05, 0.1) is 33.7 Å². The minimum atomic E-state index is -0.235. The highest BCUT2D eigenvalue weighted by atomic mass is 16.5. The molecule has 0 unspecified atom stereocenters. The minimum absolute atomic E-state index is 0.0143. The van der Waals surface area contributed by atoms with Gasteiger partial charge in [0, 0.05) is 64.1 Å². The molecule has 10 heteroatoms. The fourth-order valence-corrected chi connectivity index (χ4v) is 5.46. The van der Waals surface area contributed by atoms with E-state index in [0.29, 0.717) is 30.0 Å². The first-order chi connectivity index (χ1) is 23.4. The van der Waals surface area contributed by atoms with Gasteiger partial charge in [-0.2, -0.15) is 0 Å². The second-order valence-electron chi connectivity index (χ2n) is 11.3. The molecule has 0 saturated carbocycles. The Morgan fingerprint density at radius 2 is 1.54 bits per heavy atom. The topological polar surface area (TPSA) is 143 Å². The fourth-order valence-electron chi connectivity index (χ4n) is 5.46. The predicted octanol–water partition coefficient (Wildman–Crippen LogP) is 6.80. The predicted molar refractivity (Wildman–Crippen MR) is 191 cm³/mol. The lowest BCUT2D eigenvalue weighted by atomic mass is 10.1. The number of pyridine rings is 1. The number of nitrogens with zero attached hydrogens (tertiary/aromatic N) is 2. The van der Waals surface area contributed by atoms with E-state index in [9.17, 15) is 4.79 Å². The Balaban J connectivity index is 0.000000380. The Morgan fingerprint density at radius 1 is 0.833 bits per heavy atom. The molecule has 0 aliphatic carbocycles. The molecule has 48 heavy (non-hydrogen) atoms. The second-order valence-corrected chi connectivity index (χ2v) is 11.3. The molecule has 0 spiro atoms. The first-order valence-electron chi connectivity index (χ1n) is 15.7. The van der Waals surface area contributed by atoms with Crippen molar-refractivity contribution in [3.05, 3.63) is 126 Å². The average Bonchev–Trinajstić information content (AvgIpc) is 3.72. The van der Waals surface area contributed by atoms with Crippen LogP contribution in [-0.4, -0.2) is 58.2 Å². The van der Waals surface area contributed by atoms with Gasteiger partial charge in [0.25, 0.3) is 0 Å². The number of aromatic nitrogens is 3. The van der Waals surface area contributed by atoms with E-state index in [1.807, 2.05) is 54.9 Å². The Hall–Kier alpha value is -5.90. The summed E-state index contributed by atoms with van der Waals surface area (Å²) in [5.41, 5.74) is 6.16. The molecule has 246 valence electrons. The van der Waals surface area contributed by atoms with Crippen LogP contribution in [0, 0.1) is 17.7 Å². The van der Waals surface area contributed by atoms with E-state index in [-0.39, 0.29) is 37.1 Å². The third kappa shape index (κ3) is 8.47. The largest absolute Gasteiger partial charge is 0.497 e. The van der Waals surface area contributed by atoms with Gasteiger partial charge in [-0.25, -0.2) is 0 Å². The summed E-state index contributed by atoms with van der Waals surface area (Å²) in [6.07, 6.45) is 6.83. The van der Waals surface area contributed by atoms with Gasteiger partial charge in [-0.05, 0) is 60.9 Å². The van der Waals surface area contributed by atoms with Gasteiger partial charge in [0.1, 0.15) is 23.2 Å². The molecule has 6 aromatic rings. The zero-order valence-corrected chi connectivity index (χ0v) is 27.5. The molecule has 0 fully saturated rings. The van der Waals surface area contributed by atoms with Gasteiger partial charge in [-0.1, -0.05) is 42.5 Å². The Bertz CT molecular complexity index is 2000. The van der Waals surface area contributed by atoms with Crippen molar-refractivity contribution in [2.75, 3.05) is 20.8 Å². The maximum absolute atomic E-state index is 12.5. The number of nitrogens with one attached hydrogen (secondary N) is 5. The second kappa shape index (κ2) is 16.1. The number of fused-ring (bicyclic) bond motifs is 2. The van der Waals surface area contributed by atoms with E-state index in [4.69, 9.17) is 20.3 Å². The fraction of sp³-hybridized carbons (Fsp3) is 0.211. The normalized spacial score (nSPS) is 10.6. The molecule has 3 aromatic carbocycles. The van der Waals surface area contributed by atoms with E-state index in [2.05, 4.69) is 51.5 Å². The lowest BCUT2D eigenvalue weighted by Crippen LogP contribution is -2.43. The third-order valence-electron chi connectivity index (χ3n) is 8.10. The number of ether oxygens (including phenoxy) is 2. The number of carbonyl (C=O) groups excluding carboxylic acids is 1. The van der Waals surface area contributed by atoms with Crippen LogP contribution in [0.2, 0.25) is 0 Å². The molecular weight excluding hydrogens is 602 g/mol. The van der Waals surface area contributed by atoms with Crippen molar-refractivity contribution >= 4 is 39.4 Å². The van der Waals surface area contributed by atoms with Crippen molar-refractivity contribution in [1.29, 1.82) is 10.8 Å². The number of carbonyl (C=O) groups is 1. The SMILES string of the molecule is COc1ccc(CN(C(=N)CCc2c[nH]c3ccccc23)C(=N)CNC(=O)Cc2ccccn2)c(OC)c1.Cc1c[nH]c2ccccc12. The van der Waals surface area contributed by atoms with Crippen LogP contribution in [0.3, 0.4) is 0 Å². The van der Waals surface area contributed by atoms with Gasteiger partial charge in [0.15, 0.2) is 0 Å². The molecule has 0 aliphatic rings. The summed E-state index contributed by atoms with van der Waals surface area (Å²) in [6, 6.07) is 27.3. The van der Waals surface area contributed by atoms with Crippen LogP contribution >= 0.6 is 0 Å². The first kappa shape index (κ1) is 33.5. The van der Waals surface area contributed by atoms with Gasteiger partial charge < -0.3 is 29.7 Å². The van der Waals surface area contributed by atoms with Crippen LogP contribution < -0.4 is 14.8 Å². The number of amidine groups is 2. The van der Waals surface area contributed by atoms with E-state index in [1.54, 1.807) is 43.5 Å². The number of aryl methyl sites for hydroxylation is 2. The molecule has 0 radical (unpaired) electrons. The van der Waals surface area contributed by atoms with Crippen molar-refractivity contribution in [1.82, 2.24) is 25.2 Å². The highest BCUT2D eigenvalue weighted by Crippen LogP contribution is 2.26. The number of para-hydroxylation sites is 2. The summed E-state index contributed by atoms with van der Waals surface area (Å²) in [6.45, 7) is 2.34. The number of amides is 1. The van der Waals surface area contributed by atoms with Crippen molar-refractivity contribution < 1.29 is 14.3 Å². The number of aromatic amines is 2.